The molecule has 0 saturated heterocycles. The molecule has 0 atom stereocenters. The molecule has 6 heavy (non-hydrogen) atoms. The number of rotatable bonds is 0. The predicted molar refractivity (Wildman–Crippen MR) is 5.75 cm³/mol. The maximum Gasteiger partial charge on any atom is 5.00 e. The van der Waals surface area contributed by atoms with Crippen LogP contribution in [0.5, 0.6) is 0 Å². The van der Waals surface area contributed by atoms with Crippen molar-refractivity contribution < 1.29 is 59.8 Å². The van der Waals surface area contributed by atoms with Crippen LogP contribution in [0, 0.1) is 0 Å². The van der Waals surface area contributed by atoms with Crippen LogP contribution in [0.2, 0.25) is 0 Å². The summed E-state index contributed by atoms with van der Waals surface area (Å²) in [6, 6.07) is 0. The summed E-state index contributed by atoms with van der Waals surface area (Å²) in [5, 5.41) is 25.2. The first kappa shape index (κ1) is 15.7. The second-order valence-electron chi connectivity index (χ2n) is 0.289. The van der Waals surface area contributed by atoms with Crippen molar-refractivity contribution in [1.82, 2.24) is 0 Å². The van der Waals surface area contributed by atoms with Gasteiger partial charge in [0.05, 0.1) is 0 Å². The summed E-state index contributed by atoms with van der Waals surface area (Å²) in [4.78, 5) is 0. The molecule has 0 saturated carbocycles. The van der Waals surface area contributed by atoms with Crippen LogP contribution in [0.25, 0.3) is 0 Å². The SMILES string of the molecule is [Nb+5].[O-]B([O-])[O-].[Ta+5]. The van der Waals surface area contributed by atoms with E-state index >= 15 is 0 Å². The standard InChI is InChI=1S/BO3.Nb.Ta/c2-1(3)4;;/q-3;2*+5. The second kappa shape index (κ2) is 9.66. The van der Waals surface area contributed by atoms with Gasteiger partial charge in [0.25, 0.3) is 0 Å². The van der Waals surface area contributed by atoms with E-state index in [1.165, 1.54) is 0 Å². The largest absolute Gasteiger partial charge is 5.00 e. The maximum atomic E-state index is 8.42. The van der Waals surface area contributed by atoms with Gasteiger partial charge in [0.15, 0.2) is 0 Å². The zero-order valence-corrected chi connectivity index (χ0v) is 8.11. The van der Waals surface area contributed by atoms with Crippen molar-refractivity contribution in [2.45, 2.75) is 0 Å². The quantitative estimate of drug-likeness (QED) is 0.425. The average Bonchev–Trinajstić information content (AvgIpc) is 0.811. The van der Waals surface area contributed by atoms with Crippen molar-refractivity contribution in [2.24, 2.45) is 0 Å². The zero-order valence-electron chi connectivity index (χ0n) is 2.70. The van der Waals surface area contributed by atoms with E-state index in [9.17, 15) is 0 Å². The third kappa shape index (κ3) is 52.3. The van der Waals surface area contributed by atoms with Crippen LogP contribution < -0.4 is 15.1 Å². The minimum absolute atomic E-state index is 0. The molecule has 0 rings (SSSR count). The van der Waals surface area contributed by atoms with Gasteiger partial charge in [0.1, 0.15) is 0 Å². The van der Waals surface area contributed by atoms with E-state index in [4.69, 9.17) is 15.1 Å². The fourth-order valence-corrected chi connectivity index (χ4v) is 0. The molecule has 0 aromatic carbocycles. The Morgan fingerprint density at radius 2 is 1.00 bits per heavy atom. The summed E-state index contributed by atoms with van der Waals surface area (Å²) in [5.74, 6) is 0. The Kier molecular flexibility index (Phi) is 25.2. The van der Waals surface area contributed by atoms with Gasteiger partial charge >= 0.3 is 44.8 Å². The predicted octanol–water partition coefficient (Wildman–Crippen LogP) is -3.95. The molecule has 0 spiro atoms. The molecule has 0 unspecified atom stereocenters. The Bertz CT molecular complexity index is 15.5. The molecule has 3 nitrogen and oxygen atoms in total. The monoisotopic (exact) mass is 333 g/mol. The van der Waals surface area contributed by atoms with Gasteiger partial charge < -0.3 is 15.1 Å². The van der Waals surface area contributed by atoms with Crippen molar-refractivity contribution in [3.8, 4) is 0 Å². The molecule has 0 aromatic heterocycles. The Hall–Kier alpha value is 1.43. The van der Waals surface area contributed by atoms with Crippen molar-refractivity contribution in [2.75, 3.05) is 0 Å². The van der Waals surface area contributed by atoms with Gasteiger partial charge in [-0.25, -0.2) is 0 Å². The summed E-state index contributed by atoms with van der Waals surface area (Å²) in [6.07, 6.45) is 0. The van der Waals surface area contributed by atoms with E-state index in [2.05, 4.69) is 0 Å². The summed E-state index contributed by atoms with van der Waals surface area (Å²) in [7, 11) is -2.92. The Morgan fingerprint density at radius 1 is 1.00 bits per heavy atom. The molecule has 6 heteroatoms. The molecule has 0 aliphatic heterocycles. The molecule has 0 N–H and O–H groups in total. The van der Waals surface area contributed by atoms with Crippen LogP contribution in [0.4, 0.5) is 0 Å². The molecular formula is BNbO3Ta+7. The third-order valence-electron chi connectivity index (χ3n) is 0. The summed E-state index contributed by atoms with van der Waals surface area (Å²) >= 11 is 0. The molecule has 0 aromatic rings. The number of hydrogen-bond acceptors (Lipinski definition) is 3. The van der Waals surface area contributed by atoms with E-state index in [-0.39, 0.29) is 44.8 Å². The summed E-state index contributed by atoms with van der Waals surface area (Å²) in [5.41, 5.74) is 0. The van der Waals surface area contributed by atoms with E-state index in [0.29, 0.717) is 0 Å². The van der Waals surface area contributed by atoms with Gasteiger partial charge in [-0.3, -0.25) is 7.32 Å². The fourth-order valence-electron chi connectivity index (χ4n) is 0. The molecule has 0 aliphatic carbocycles. The molecule has 0 radical (unpaired) electrons. The van der Waals surface area contributed by atoms with Crippen LogP contribution in [0.1, 0.15) is 0 Å². The molecule has 0 fully saturated rings. The van der Waals surface area contributed by atoms with Gasteiger partial charge in [0, 0.05) is 0 Å². The van der Waals surface area contributed by atoms with E-state index in [1.54, 1.807) is 0 Å². The molecule has 24 valence electrons. The van der Waals surface area contributed by atoms with Gasteiger partial charge in [0.2, 0.25) is 0 Å². The first-order chi connectivity index (χ1) is 1.73. The molecule has 0 bridgehead atoms. The van der Waals surface area contributed by atoms with Crippen molar-refractivity contribution >= 4 is 7.32 Å². The van der Waals surface area contributed by atoms with E-state index in [1.807, 2.05) is 0 Å². The molecule has 0 amide bonds. The summed E-state index contributed by atoms with van der Waals surface area (Å²) < 4.78 is 0. The van der Waals surface area contributed by atoms with Gasteiger partial charge in [-0.2, -0.15) is 0 Å². The van der Waals surface area contributed by atoms with Crippen molar-refractivity contribution in [1.29, 1.82) is 0 Å². The van der Waals surface area contributed by atoms with Crippen LogP contribution in [0.3, 0.4) is 0 Å². The molecule has 0 heterocycles. The summed E-state index contributed by atoms with van der Waals surface area (Å²) in [6.45, 7) is 0. The fraction of sp³-hybridized carbons (Fsp3) is 0. The van der Waals surface area contributed by atoms with Crippen LogP contribution in [0.15, 0.2) is 0 Å². The second-order valence-corrected chi connectivity index (χ2v) is 0.289. The first-order valence-electron chi connectivity index (χ1n) is 0.707. The van der Waals surface area contributed by atoms with Crippen LogP contribution >= 0.6 is 0 Å². The van der Waals surface area contributed by atoms with Crippen molar-refractivity contribution in [3.63, 3.8) is 0 Å². The Balaban J connectivity index is -0.0000000450. The Morgan fingerprint density at radius 3 is 1.00 bits per heavy atom. The Labute approximate surface area is 67.0 Å². The van der Waals surface area contributed by atoms with Gasteiger partial charge in [-0.15, -0.1) is 0 Å². The van der Waals surface area contributed by atoms with Crippen LogP contribution in [-0.4, -0.2) is 7.32 Å². The first-order valence-corrected chi connectivity index (χ1v) is 0.707. The van der Waals surface area contributed by atoms with Gasteiger partial charge in [-0.05, 0) is 0 Å². The average molecular weight is 333 g/mol. The smallest absolute Gasteiger partial charge is 0.907 e. The normalized spacial score (nSPS) is 4.50. The van der Waals surface area contributed by atoms with Gasteiger partial charge in [-0.1, -0.05) is 0 Å². The maximum absolute atomic E-state index is 8.42. The minimum atomic E-state index is -2.92. The molecular weight excluding hydrogens is 333 g/mol. The van der Waals surface area contributed by atoms with E-state index < -0.39 is 7.32 Å². The topological polar surface area (TPSA) is 69.2 Å². The van der Waals surface area contributed by atoms with Crippen LogP contribution in [-0.2, 0) is 44.8 Å². The molecule has 0 aliphatic rings. The minimum Gasteiger partial charge on any atom is -0.907 e. The number of hydrogen-bond donors (Lipinski definition) is 0. The van der Waals surface area contributed by atoms with E-state index in [0.717, 1.165) is 0 Å². The third-order valence-corrected chi connectivity index (χ3v) is 0. The van der Waals surface area contributed by atoms with Crippen molar-refractivity contribution in [3.05, 3.63) is 0 Å². The zero-order chi connectivity index (χ0) is 3.58.